The van der Waals surface area contributed by atoms with Crippen molar-refractivity contribution in [2.24, 2.45) is 5.92 Å². The van der Waals surface area contributed by atoms with E-state index in [1.807, 2.05) is 37.1 Å². The Morgan fingerprint density at radius 2 is 2.10 bits per heavy atom. The first-order valence-electron chi connectivity index (χ1n) is 7.11. The molecular formula is C15H20BrF3N2. The second kappa shape index (κ2) is 6.57. The molecule has 1 fully saturated rings. The predicted molar refractivity (Wildman–Crippen MR) is 82.6 cm³/mol. The summed E-state index contributed by atoms with van der Waals surface area (Å²) in [5.74, 6) is -1.23. The summed E-state index contributed by atoms with van der Waals surface area (Å²) in [5.41, 5.74) is 1.92. The standard InChI is InChI=1S/C15H20BrF3N2/c1-10(20-2)13-6-5-12(16)8-14(13)21-7-3-4-11(9-21)15(17,18)19/h5-6,8,10-11,20H,3-4,7,9H2,1-2H3. The molecule has 1 heterocycles. The van der Waals surface area contributed by atoms with Gasteiger partial charge in [0.15, 0.2) is 0 Å². The average molecular weight is 365 g/mol. The van der Waals surface area contributed by atoms with Gasteiger partial charge in [0.25, 0.3) is 0 Å². The largest absolute Gasteiger partial charge is 0.393 e. The number of alkyl halides is 3. The summed E-state index contributed by atoms with van der Waals surface area (Å²) in [5, 5.41) is 3.16. The minimum absolute atomic E-state index is 0.0450. The van der Waals surface area contributed by atoms with Gasteiger partial charge in [-0.05, 0) is 44.5 Å². The third-order valence-corrected chi connectivity index (χ3v) is 4.61. The van der Waals surface area contributed by atoms with Gasteiger partial charge in [0.05, 0.1) is 5.92 Å². The molecule has 1 aromatic rings. The highest BCUT2D eigenvalue weighted by molar-refractivity contribution is 9.10. The molecule has 0 bridgehead atoms. The number of anilines is 1. The van der Waals surface area contributed by atoms with Gasteiger partial charge in [0, 0.05) is 29.3 Å². The van der Waals surface area contributed by atoms with E-state index in [1.165, 1.54) is 0 Å². The zero-order valence-corrected chi connectivity index (χ0v) is 13.8. The van der Waals surface area contributed by atoms with Crippen LogP contribution in [0.4, 0.5) is 18.9 Å². The van der Waals surface area contributed by atoms with Crippen molar-refractivity contribution in [2.75, 3.05) is 25.0 Å². The minimum Gasteiger partial charge on any atom is -0.371 e. The van der Waals surface area contributed by atoms with E-state index >= 15 is 0 Å². The second-order valence-electron chi connectivity index (χ2n) is 5.54. The van der Waals surface area contributed by atoms with Crippen molar-refractivity contribution < 1.29 is 13.2 Å². The van der Waals surface area contributed by atoms with Gasteiger partial charge in [0.2, 0.25) is 0 Å². The smallest absolute Gasteiger partial charge is 0.371 e. The molecule has 1 aliphatic heterocycles. The van der Waals surface area contributed by atoms with Gasteiger partial charge in [-0.2, -0.15) is 13.2 Å². The van der Waals surface area contributed by atoms with Crippen LogP contribution in [-0.4, -0.2) is 26.3 Å². The summed E-state index contributed by atoms with van der Waals surface area (Å²) < 4.78 is 39.8. The van der Waals surface area contributed by atoms with E-state index in [4.69, 9.17) is 0 Å². The molecule has 2 rings (SSSR count). The molecule has 0 saturated carbocycles. The Morgan fingerprint density at radius 1 is 1.38 bits per heavy atom. The van der Waals surface area contributed by atoms with E-state index in [-0.39, 0.29) is 19.0 Å². The number of hydrogen-bond acceptors (Lipinski definition) is 2. The molecular weight excluding hydrogens is 345 g/mol. The van der Waals surface area contributed by atoms with Crippen molar-refractivity contribution in [1.29, 1.82) is 0 Å². The van der Waals surface area contributed by atoms with Crippen LogP contribution in [0.25, 0.3) is 0 Å². The van der Waals surface area contributed by atoms with Crippen LogP contribution in [0.3, 0.4) is 0 Å². The van der Waals surface area contributed by atoms with Gasteiger partial charge in [-0.3, -0.25) is 0 Å². The maximum Gasteiger partial charge on any atom is 0.393 e. The number of piperidine rings is 1. The Balaban J connectivity index is 2.30. The predicted octanol–water partition coefficient (Wildman–Crippen LogP) is 4.51. The Bertz CT molecular complexity index is 490. The fraction of sp³-hybridized carbons (Fsp3) is 0.600. The number of rotatable bonds is 3. The van der Waals surface area contributed by atoms with Crippen molar-refractivity contribution in [1.82, 2.24) is 5.32 Å². The monoisotopic (exact) mass is 364 g/mol. The first-order valence-corrected chi connectivity index (χ1v) is 7.90. The van der Waals surface area contributed by atoms with Crippen molar-refractivity contribution in [3.8, 4) is 0 Å². The van der Waals surface area contributed by atoms with E-state index in [9.17, 15) is 13.2 Å². The van der Waals surface area contributed by atoms with E-state index in [1.54, 1.807) is 0 Å². The maximum absolute atomic E-state index is 13.0. The van der Waals surface area contributed by atoms with Crippen LogP contribution in [-0.2, 0) is 0 Å². The van der Waals surface area contributed by atoms with Gasteiger partial charge in [-0.25, -0.2) is 0 Å². The first-order chi connectivity index (χ1) is 9.82. The molecule has 0 radical (unpaired) electrons. The highest BCUT2D eigenvalue weighted by Gasteiger charge is 2.42. The fourth-order valence-electron chi connectivity index (χ4n) is 2.78. The van der Waals surface area contributed by atoms with Gasteiger partial charge < -0.3 is 10.2 Å². The summed E-state index contributed by atoms with van der Waals surface area (Å²) in [4.78, 5) is 1.87. The Morgan fingerprint density at radius 3 is 2.71 bits per heavy atom. The van der Waals surface area contributed by atoms with Crippen LogP contribution < -0.4 is 10.2 Å². The van der Waals surface area contributed by atoms with Crippen LogP contribution in [0, 0.1) is 5.92 Å². The Hall–Kier alpha value is -0.750. The van der Waals surface area contributed by atoms with Gasteiger partial charge in [0.1, 0.15) is 0 Å². The normalized spacial score (nSPS) is 21.4. The molecule has 1 aliphatic rings. The summed E-state index contributed by atoms with van der Waals surface area (Å²) in [6, 6.07) is 5.91. The zero-order valence-electron chi connectivity index (χ0n) is 12.2. The fourth-order valence-corrected chi connectivity index (χ4v) is 3.12. The third-order valence-electron chi connectivity index (χ3n) is 4.12. The number of hydrogen-bond donors (Lipinski definition) is 1. The highest BCUT2D eigenvalue weighted by atomic mass is 79.9. The molecule has 1 saturated heterocycles. The van der Waals surface area contributed by atoms with E-state index in [0.29, 0.717) is 13.0 Å². The Labute approximate surface area is 131 Å². The molecule has 2 unspecified atom stereocenters. The van der Waals surface area contributed by atoms with E-state index < -0.39 is 12.1 Å². The molecule has 0 aliphatic carbocycles. The molecule has 2 nitrogen and oxygen atoms in total. The van der Waals surface area contributed by atoms with Crippen molar-refractivity contribution in [2.45, 2.75) is 32.0 Å². The third kappa shape index (κ3) is 3.92. The highest BCUT2D eigenvalue weighted by Crippen LogP contribution is 2.37. The van der Waals surface area contributed by atoms with Crippen LogP contribution in [0.2, 0.25) is 0 Å². The molecule has 118 valence electrons. The lowest BCUT2D eigenvalue weighted by atomic mass is 9.95. The molecule has 1 aromatic carbocycles. The number of halogens is 4. The lowest BCUT2D eigenvalue weighted by Gasteiger charge is -2.37. The first kappa shape index (κ1) is 16.6. The zero-order chi connectivity index (χ0) is 15.6. The van der Waals surface area contributed by atoms with E-state index in [0.717, 1.165) is 15.7 Å². The molecule has 1 N–H and O–H groups in total. The van der Waals surface area contributed by atoms with Crippen LogP contribution >= 0.6 is 15.9 Å². The van der Waals surface area contributed by atoms with Crippen LogP contribution in [0.1, 0.15) is 31.4 Å². The van der Waals surface area contributed by atoms with Gasteiger partial charge in [-0.15, -0.1) is 0 Å². The van der Waals surface area contributed by atoms with Crippen molar-refractivity contribution in [3.05, 3.63) is 28.2 Å². The average Bonchev–Trinajstić information content (AvgIpc) is 2.45. The second-order valence-corrected chi connectivity index (χ2v) is 6.46. The van der Waals surface area contributed by atoms with Crippen LogP contribution in [0.5, 0.6) is 0 Å². The topological polar surface area (TPSA) is 15.3 Å². The summed E-state index contributed by atoms with van der Waals surface area (Å²) >= 11 is 3.42. The van der Waals surface area contributed by atoms with Crippen molar-refractivity contribution in [3.63, 3.8) is 0 Å². The van der Waals surface area contributed by atoms with Crippen LogP contribution in [0.15, 0.2) is 22.7 Å². The molecule has 6 heteroatoms. The lowest BCUT2D eigenvalue weighted by molar-refractivity contribution is -0.176. The minimum atomic E-state index is -4.11. The lowest BCUT2D eigenvalue weighted by Crippen LogP contribution is -2.42. The molecule has 0 aromatic heterocycles. The summed E-state index contributed by atoms with van der Waals surface area (Å²) in [6.45, 7) is 2.73. The SMILES string of the molecule is CNC(C)c1ccc(Br)cc1N1CCCC(C(F)(F)F)C1. The quantitative estimate of drug-likeness (QED) is 0.848. The summed E-state index contributed by atoms with van der Waals surface area (Å²) in [6.07, 6.45) is -3.31. The van der Waals surface area contributed by atoms with Gasteiger partial charge >= 0.3 is 6.18 Å². The van der Waals surface area contributed by atoms with E-state index in [2.05, 4.69) is 21.2 Å². The molecule has 2 atom stereocenters. The molecule has 21 heavy (non-hydrogen) atoms. The number of nitrogens with one attached hydrogen (secondary N) is 1. The summed E-state index contributed by atoms with van der Waals surface area (Å²) in [7, 11) is 1.85. The molecule has 0 amide bonds. The van der Waals surface area contributed by atoms with Crippen molar-refractivity contribution >= 4 is 21.6 Å². The van der Waals surface area contributed by atoms with Gasteiger partial charge in [-0.1, -0.05) is 22.0 Å². The number of benzene rings is 1. The number of nitrogens with zero attached hydrogens (tertiary/aromatic N) is 1. The molecule has 0 spiro atoms. The Kier molecular flexibility index (Phi) is 5.20. The maximum atomic E-state index is 13.0.